The van der Waals surface area contributed by atoms with Crippen LogP contribution >= 0.6 is 0 Å². The van der Waals surface area contributed by atoms with Gasteiger partial charge in [-0.1, -0.05) is 37.3 Å². The van der Waals surface area contributed by atoms with Gasteiger partial charge in [-0.25, -0.2) is 4.79 Å². The highest BCUT2D eigenvalue weighted by Gasteiger charge is 2.19. The number of benzene rings is 1. The van der Waals surface area contributed by atoms with E-state index in [4.69, 9.17) is 4.42 Å². The van der Waals surface area contributed by atoms with Crippen LogP contribution in [-0.4, -0.2) is 0 Å². The molecule has 1 atom stereocenters. The summed E-state index contributed by atoms with van der Waals surface area (Å²) < 4.78 is 5.48. The number of hydrogen-bond acceptors (Lipinski definition) is 2. The lowest BCUT2D eigenvalue weighted by molar-refractivity contribution is 0.391. The Morgan fingerprint density at radius 1 is 1.22 bits per heavy atom. The van der Waals surface area contributed by atoms with Gasteiger partial charge < -0.3 is 4.42 Å². The van der Waals surface area contributed by atoms with Gasteiger partial charge in [-0.15, -0.1) is 0 Å². The molecule has 1 aromatic carbocycles. The summed E-state index contributed by atoms with van der Waals surface area (Å²) in [4.78, 5) is 12.0. The lowest BCUT2D eigenvalue weighted by Gasteiger charge is -2.20. The molecule has 0 radical (unpaired) electrons. The second-order valence-corrected chi connectivity index (χ2v) is 5.11. The molecule has 2 heteroatoms. The minimum absolute atomic E-state index is 0.213. The van der Waals surface area contributed by atoms with Crippen molar-refractivity contribution >= 4 is 0 Å². The topological polar surface area (TPSA) is 30.2 Å². The summed E-state index contributed by atoms with van der Waals surface area (Å²) in [5, 5.41) is 0. The summed E-state index contributed by atoms with van der Waals surface area (Å²) in [5.41, 5.74) is 2.61. The van der Waals surface area contributed by atoms with E-state index in [0.29, 0.717) is 11.5 Å². The largest absolute Gasteiger partial charge is 0.427 e. The van der Waals surface area contributed by atoms with Gasteiger partial charge >= 0.3 is 5.63 Å². The van der Waals surface area contributed by atoms with Gasteiger partial charge in [0.1, 0.15) is 5.76 Å². The van der Waals surface area contributed by atoms with E-state index in [9.17, 15) is 4.79 Å². The number of hydrogen-bond donors (Lipinski definition) is 0. The molecule has 0 aliphatic heterocycles. The Bertz CT molecular complexity index is 611. The Morgan fingerprint density at radius 2 is 2.00 bits per heavy atom. The van der Waals surface area contributed by atoms with Crippen LogP contribution < -0.4 is 5.63 Å². The maximum absolute atomic E-state index is 12.0. The zero-order valence-electron chi connectivity index (χ0n) is 10.5. The highest BCUT2D eigenvalue weighted by Crippen LogP contribution is 2.27. The first-order chi connectivity index (χ1) is 8.74. The van der Waals surface area contributed by atoms with Gasteiger partial charge in [0.2, 0.25) is 0 Å². The fourth-order valence-electron chi connectivity index (χ4n) is 2.60. The molecular formula is C16H16O2. The van der Waals surface area contributed by atoms with Gasteiger partial charge in [0.25, 0.3) is 0 Å². The molecule has 0 N–H and O–H groups in total. The van der Waals surface area contributed by atoms with Crippen LogP contribution in [0.1, 0.15) is 24.7 Å². The predicted octanol–water partition coefficient (Wildman–Crippen LogP) is 3.43. The van der Waals surface area contributed by atoms with E-state index in [1.165, 1.54) is 5.56 Å². The molecule has 92 valence electrons. The maximum atomic E-state index is 12.0. The normalized spacial score (nSPS) is 18.4. The fourth-order valence-corrected chi connectivity index (χ4v) is 2.60. The van der Waals surface area contributed by atoms with Crippen molar-refractivity contribution in [3.05, 3.63) is 58.1 Å². The van der Waals surface area contributed by atoms with Crippen molar-refractivity contribution in [2.75, 3.05) is 0 Å². The molecule has 1 heterocycles. The Hall–Kier alpha value is -1.83. The van der Waals surface area contributed by atoms with E-state index in [1.807, 2.05) is 36.4 Å². The van der Waals surface area contributed by atoms with E-state index in [1.54, 1.807) is 0 Å². The van der Waals surface area contributed by atoms with Crippen LogP contribution in [-0.2, 0) is 12.8 Å². The minimum Gasteiger partial charge on any atom is -0.427 e. The second kappa shape index (κ2) is 4.45. The third-order valence-corrected chi connectivity index (χ3v) is 3.63. The zero-order chi connectivity index (χ0) is 12.5. The Labute approximate surface area is 106 Å². The van der Waals surface area contributed by atoms with Crippen LogP contribution in [0.3, 0.4) is 0 Å². The van der Waals surface area contributed by atoms with Crippen LogP contribution in [0, 0.1) is 5.92 Å². The van der Waals surface area contributed by atoms with E-state index >= 15 is 0 Å². The Kier molecular flexibility index (Phi) is 2.78. The van der Waals surface area contributed by atoms with Gasteiger partial charge in [-0.2, -0.15) is 0 Å². The van der Waals surface area contributed by atoms with Crippen molar-refractivity contribution in [1.29, 1.82) is 0 Å². The van der Waals surface area contributed by atoms with E-state index in [0.717, 1.165) is 30.6 Å². The van der Waals surface area contributed by atoms with Crippen LogP contribution in [0.25, 0.3) is 11.1 Å². The molecule has 1 aliphatic rings. The van der Waals surface area contributed by atoms with Crippen LogP contribution in [0.4, 0.5) is 0 Å². The first kappa shape index (κ1) is 11.3. The van der Waals surface area contributed by atoms with E-state index in [2.05, 4.69) is 6.92 Å². The first-order valence-corrected chi connectivity index (χ1v) is 6.45. The smallest absolute Gasteiger partial charge is 0.343 e. The molecular weight excluding hydrogens is 224 g/mol. The molecule has 3 rings (SSSR count). The summed E-state index contributed by atoms with van der Waals surface area (Å²) in [6, 6.07) is 11.8. The summed E-state index contributed by atoms with van der Waals surface area (Å²) in [5.74, 6) is 1.56. The van der Waals surface area contributed by atoms with Crippen molar-refractivity contribution in [3.63, 3.8) is 0 Å². The maximum Gasteiger partial charge on any atom is 0.343 e. The summed E-state index contributed by atoms with van der Waals surface area (Å²) in [6.45, 7) is 2.25. The third-order valence-electron chi connectivity index (χ3n) is 3.63. The quantitative estimate of drug-likeness (QED) is 0.764. The number of fused-ring (bicyclic) bond motifs is 1. The average Bonchev–Trinajstić information content (AvgIpc) is 2.39. The Balaban J connectivity index is 2.12. The van der Waals surface area contributed by atoms with Gasteiger partial charge in [-0.05, 0) is 36.0 Å². The monoisotopic (exact) mass is 240 g/mol. The number of aryl methyl sites for hydroxylation is 1. The highest BCUT2D eigenvalue weighted by molar-refractivity contribution is 5.62. The van der Waals surface area contributed by atoms with Crippen LogP contribution in [0.5, 0.6) is 0 Å². The lowest BCUT2D eigenvalue weighted by Crippen LogP contribution is -2.15. The zero-order valence-corrected chi connectivity index (χ0v) is 10.5. The fraction of sp³-hybridized carbons (Fsp3) is 0.312. The lowest BCUT2D eigenvalue weighted by atomic mass is 9.88. The Morgan fingerprint density at radius 3 is 2.78 bits per heavy atom. The molecule has 1 aromatic heterocycles. The van der Waals surface area contributed by atoms with Crippen molar-refractivity contribution in [1.82, 2.24) is 0 Å². The molecule has 0 spiro atoms. The van der Waals surface area contributed by atoms with Crippen molar-refractivity contribution in [2.24, 2.45) is 5.92 Å². The van der Waals surface area contributed by atoms with Crippen LogP contribution in [0.15, 0.2) is 45.6 Å². The minimum atomic E-state index is -0.213. The predicted molar refractivity (Wildman–Crippen MR) is 71.6 cm³/mol. The molecule has 2 aromatic rings. The van der Waals surface area contributed by atoms with Crippen molar-refractivity contribution < 1.29 is 4.42 Å². The molecule has 0 saturated heterocycles. The number of rotatable bonds is 1. The summed E-state index contributed by atoms with van der Waals surface area (Å²) in [6.07, 6.45) is 3.01. The van der Waals surface area contributed by atoms with Crippen molar-refractivity contribution in [2.45, 2.75) is 26.2 Å². The summed E-state index contributed by atoms with van der Waals surface area (Å²) >= 11 is 0. The van der Waals surface area contributed by atoms with Gasteiger partial charge in [-0.3, -0.25) is 0 Å². The molecule has 1 aliphatic carbocycles. The third kappa shape index (κ3) is 1.99. The highest BCUT2D eigenvalue weighted by atomic mass is 16.4. The van der Waals surface area contributed by atoms with Gasteiger partial charge in [0.05, 0.1) is 5.56 Å². The second-order valence-electron chi connectivity index (χ2n) is 5.11. The van der Waals surface area contributed by atoms with Gasteiger partial charge in [0.15, 0.2) is 0 Å². The molecule has 0 fully saturated rings. The molecule has 2 nitrogen and oxygen atoms in total. The summed E-state index contributed by atoms with van der Waals surface area (Å²) in [7, 11) is 0. The molecule has 18 heavy (non-hydrogen) atoms. The molecule has 0 bridgehead atoms. The molecule has 1 unspecified atom stereocenters. The SMILES string of the molecule is CC1CCc2oc(=O)c(-c3ccccc3)cc2C1. The van der Waals surface area contributed by atoms with E-state index in [-0.39, 0.29) is 5.63 Å². The first-order valence-electron chi connectivity index (χ1n) is 6.45. The van der Waals surface area contributed by atoms with Crippen molar-refractivity contribution in [3.8, 4) is 11.1 Å². The van der Waals surface area contributed by atoms with E-state index < -0.39 is 0 Å². The van der Waals surface area contributed by atoms with Crippen LogP contribution in [0.2, 0.25) is 0 Å². The standard InChI is InChI=1S/C16H16O2/c1-11-7-8-15-13(9-11)10-14(16(17)18-15)12-5-3-2-4-6-12/h2-6,10-11H,7-9H2,1H3. The molecule has 0 amide bonds. The molecule has 0 saturated carbocycles. The van der Waals surface area contributed by atoms with Gasteiger partial charge in [0, 0.05) is 6.42 Å². The average molecular weight is 240 g/mol.